The maximum Gasteiger partial charge on any atom is 0.143 e. The minimum Gasteiger partial charge on any atom is -0.205 e. The molecule has 0 spiro atoms. The summed E-state index contributed by atoms with van der Waals surface area (Å²) in [5.41, 5.74) is 1.05. The fraction of sp³-hybridized carbons (Fsp3) is 0. The number of H-pyrrole nitrogens is 1. The van der Waals surface area contributed by atoms with Crippen molar-refractivity contribution in [1.29, 1.82) is 0 Å². The van der Waals surface area contributed by atoms with Crippen LogP contribution in [-0.2, 0) is 0 Å². The van der Waals surface area contributed by atoms with Gasteiger partial charge in [0.15, 0.2) is 0 Å². The van der Waals surface area contributed by atoms with E-state index in [-0.39, 0.29) is 10.0 Å². The van der Waals surface area contributed by atoms with Crippen LogP contribution < -0.4 is 0 Å². The number of hydrogen-bond acceptors (Lipinski definition) is 2. The lowest BCUT2D eigenvalue weighted by Crippen LogP contribution is -1.83. The van der Waals surface area contributed by atoms with E-state index in [0.717, 1.165) is 0 Å². The summed E-state index contributed by atoms with van der Waals surface area (Å²) in [5, 5.41) is 9.90. The van der Waals surface area contributed by atoms with Gasteiger partial charge in [0, 0.05) is 5.56 Å². The molecule has 2 aromatic rings. The molecule has 0 radical (unpaired) electrons. The minimum absolute atomic E-state index is 0.0843. The molecule has 1 aromatic heterocycles. The largest absolute Gasteiger partial charge is 0.205 e. The Morgan fingerprint density at radius 2 is 2.07 bits per heavy atom. The van der Waals surface area contributed by atoms with Gasteiger partial charge in [0.2, 0.25) is 0 Å². The van der Waals surface area contributed by atoms with Gasteiger partial charge >= 0.3 is 0 Å². The van der Waals surface area contributed by atoms with Gasteiger partial charge in [-0.05, 0) is 12.1 Å². The van der Waals surface area contributed by atoms with E-state index in [9.17, 15) is 4.39 Å². The van der Waals surface area contributed by atoms with Gasteiger partial charge in [-0.25, -0.2) is 4.39 Å². The zero-order valence-electron chi connectivity index (χ0n) is 6.76. The van der Waals surface area contributed by atoms with Crippen LogP contribution in [0.3, 0.4) is 0 Å². The molecule has 6 heteroatoms. The average Bonchev–Trinajstić information content (AvgIpc) is 2.66. The number of rotatable bonds is 1. The molecule has 0 saturated heterocycles. The van der Waals surface area contributed by atoms with Crippen molar-refractivity contribution in [3.8, 4) is 11.3 Å². The molecule has 0 amide bonds. The highest BCUT2D eigenvalue weighted by Crippen LogP contribution is 2.29. The maximum absolute atomic E-state index is 13.2. The molecule has 0 aliphatic rings. The molecule has 1 N–H and O–H groups in total. The summed E-state index contributed by atoms with van der Waals surface area (Å²) in [7, 11) is 0. The molecule has 0 aliphatic carbocycles. The number of halogens is 3. The molecule has 0 unspecified atom stereocenters. The number of aromatic amines is 1. The van der Waals surface area contributed by atoms with Gasteiger partial charge in [0.05, 0.1) is 16.2 Å². The Bertz CT molecular complexity index is 433. The number of nitrogens with one attached hydrogen (secondary N) is 1. The Hall–Kier alpha value is -1.13. The van der Waals surface area contributed by atoms with Crippen LogP contribution in [0, 0.1) is 5.82 Å². The zero-order chi connectivity index (χ0) is 10.1. The summed E-state index contributed by atoms with van der Waals surface area (Å²) in [5.74, 6) is -0.572. The van der Waals surface area contributed by atoms with Gasteiger partial charge in [0.25, 0.3) is 0 Å². The first-order valence-electron chi connectivity index (χ1n) is 3.69. The molecule has 2 rings (SSSR count). The lowest BCUT2D eigenvalue weighted by molar-refractivity contribution is 0.629. The lowest BCUT2D eigenvalue weighted by atomic mass is 10.2. The SMILES string of the molecule is Fc1cc(-c2cn[nH]n2)cc(Cl)c1Cl. The highest BCUT2D eigenvalue weighted by Gasteiger charge is 2.09. The molecule has 0 saturated carbocycles. The van der Waals surface area contributed by atoms with Gasteiger partial charge in [-0.2, -0.15) is 15.4 Å². The van der Waals surface area contributed by atoms with Crippen LogP contribution in [0.2, 0.25) is 10.0 Å². The topological polar surface area (TPSA) is 41.6 Å². The average molecular weight is 232 g/mol. The summed E-state index contributed by atoms with van der Waals surface area (Å²) in [6, 6.07) is 2.79. The Balaban J connectivity index is 2.57. The normalized spacial score (nSPS) is 10.5. The number of nitrogens with zero attached hydrogens (tertiary/aromatic N) is 2. The molecular formula is C8H4Cl2FN3. The molecule has 1 aromatic carbocycles. The smallest absolute Gasteiger partial charge is 0.143 e. The van der Waals surface area contributed by atoms with Gasteiger partial charge < -0.3 is 0 Å². The van der Waals surface area contributed by atoms with Crippen molar-refractivity contribution >= 4 is 23.2 Å². The molecule has 0 fully saturated rings. The molecule has 72 valence electrons. The third kappa shape index (κ3) is 1.58. The monoisotopic (exact) mass is 231 g/mol. The van der Waals surface area contributed by atoms with E-state index < -0.39 is 5.82 Å². The predicted molar refractivity (Wildman–Crippen MR) is 51.8 cm³/mol. The van der Waals surface area contributed by atoms with E-state index in [2.05, 4.69) is 15.4 Å². The zero-order valence-corrected chi connectivity index (χ0v) is 8.27. The van der Waals surface area contributed by atoms with Crippen LogP contribution in [0.4, 0.5) is 4.39 Å². The van der Waals surface area contributed by atoms with Crippen LogP contribution in [0.15, 0.2) is 18.3 Å². The summed E-state index contributed by atoms with van der Waals surface area (Å²) in [6.07, 6.45) is 1.47. The van der Waals surface area contributed by atoms with Crippen molar-refractivity contribution in [2.45, 2.75) is 0 Å². The summed E-state index contributed by atoms with van der Waals surface area (Å²) in [4.78, 5) is 0. The summed E-state index contributed by atoms with van der Waals surface area (Å²) in [6.45, 7) is 0. The highest BCUT2D eigenvalue weighted by atomic mass is 35.5. The fourth-order valence-electron chi connectivity index (χ4n) is 1.04. The molecular weight excluding hydrogens is 228 g/mol. The van der Waals surface area contributed by atoms with Crippen LogP contribution in [-0.4, -0.2) is 15.4 Å². The quantitative estimate of drug-likeness (QED) is 0.768. The van der Waals surface area contributed by atoms with Crippen LogP contribution in [0.5, 0.6) is 0 Å². The second-order valence-corrected chi connectivity index (χ2v) is 3.39. The Morgan fingerprint density at radius 1 is 1.29 bits per heavy atom. The Labute approximate surface area is 88.8 Å². The molecule has 14 heavy (non-hydrogen) atoms. The number of hydrogen-bond donors (Lipinski definition) is 1. The van der Waals surface area contributed by atoms with Crippen LogP contribution >= 0.6 is 23.2 Å². The van der Waals surface area contributed by atoms with Gasteiger partial charge in [-0.15, -0.1) is 0 Å². The van der Waals surface area contributed by atoms with Crippen LogP contribution in [0.25, 0.3) is 11.3 Å². The number of benzene rings is 1. The van der Waals surface area contributed by atoms with E-state index in [1.165, 1.54) is 18.3 Å². The molecule has 0 bridgehead atoms. The lowest BCUT2D eigenvalue weighted by Gasteiger charge is -2.00. The molecule has 3 nitrogen and oxygen atoms in total. The Morgan fingerprint density at radius 3 is 2.64 bits per heavy atom. The van der Waals surface area contributed by atoms with E-state index in [1.54, 1.807) is 0 Å². The van der Waals surface area contributed by atoms with Crippen molar-refractivity contribution in [3.63, 3.8) is 0 Å². The van der Waals surface area contributed by atoms with E-state index in [0.29, 0.717) is 11.3 Å². The summed E-state index contributed by atoms with van der Waals surface area (Å²) < 4.78 is 13.2. The van der Waals surface area contributed by atoms with Crippen molar-refractivity contribution in [1.82, 2.24) is 15.4 Å². The van der Waals surface area contributed by atoms with E-state index >= 15 is 0 Å². The first-order valence-corrected chi connectivity index (χ1v) is 4.45. The second-order valence-electron chi connectivity index (χ2n) is 2.61. The van der Waals surface area contributed by atoms with E-state index in [1.807, 2.05) is 0 Å². The van der Waals surface area contributed by atoms with Crippen LogP contribution in [0.1, 0.15) is 0 Å². The maximum atomic E-state index is 13.2. The van der Waals surface area contributed by atoms with Crippen molar-refractivity contribution in [2.75, 3.05) is 0 Å². The number of aromatic nitrogens is 3. The first-order chi connectivity index (χ1) is 6.68. The summed E-state index contributed by atoms with van der Waals surface area (Å²) >= 11 is 11.3. The third-order valence-electron chi connectivity index (χ3n) is 1.69. The first kappa shape index (κ1) is 9.43. The minimum atomic E-state index is -0.572. The fourth-order valence-corrected chi connectivity index (χ4v) is 1.36. The molecule has 0 aliphatic heterocycles. The highest BCUT2D eigenvalue weighted by molar-refractivity contribution is 6.42. The van der Waals surface area contributed by atoms with Crippen molar-refractivity contribution in [3.05, 3.63) is 34.2 Å². The second kappa shape index (κ2) is 3.55. The van der Waals surface area contributed by atoms with Crippen molar-refractivity contribution in [2.24, 2.45) is 0 Å². The molecule has 0 atom stereocenters. The van der Waals surface area contributed by atoms with Crippen molar-refractivity contribution < 1.29 is 4.39 Å². The molecule has 1 heterocycles. The Kier molecular flexibility index (Phi) is 2.39. The van der Waals surface area contributed by atoms with E-state index in [4.69, 9.17) is 23.2 Å². The predicted octanol–water partition coefficient (Wildman–Crippen LogP) is 2.92. The third-order valence-corrected chi connectivity index (χ3v) is 2.47. The van der Waals surface area contributed by atoms with Gasteiger partial charge in [-0.1, -0.05) is 23.2 Å². The van der Waals surface area contributed by atoms with Gasteiger partial charge in [0.1, 0.15) is 11.5 Å². The standard InChI is InChI=1S/C8H4Cl2FN3/c9-5-1-4(2-6(11)8(5)10)7-3-12-14-13-7/h1-3H,(H,12,13,14). The van der Waals surface area contributed by atoms with Gasteiger partial charge in [-0.3, -0.25) is 0 Å².